The number of anilines is 1. The highest BCUT2D eigenvalue weighted by atomic mass is 16.5. The maximum absolute atomic E-state index is 5.65. The summed E-state index contributed by atoms with van der Waals surface area (Å²) in [7, 11) is 0. The molecule has 1 N–H and O–H groups in total. The van der Waals surface area contributed by atoms with Crippen molar-refractivity contribution in [3.8, 4) is 11.5 Å². The molecular weight excluding hydrogens is 254 g/mol. The van der Waals surface area contributed by atoms with E-state index in [4.69, 9.17) is 9.47 Å². The van der Waals surface area contributed by atoms with Gasteiger partial charge in [0, 0.05) is 18.0 Å². The van der Waals surface area contributed by atoms with Crippen molar-refractivity contribution in [2.45, 2.75) is 27.2 Å². The molecule has 1 aromatic carbocycles. The van der Waals surface area contributed by atoms with E-state index in [0.29, 0.717) is 13.2 Å². The van der Waals surface area contributed by atoms with Gasteiger partial charge in [-0.15, -0.1) is 0 Å². The molecule has 0 radical (unpaired) electrons. The molecule has 0 atom stereocenters. The van der Waals surface area contributed by atoms with E-state index in [-0.39, 0.29) is 0 Å². The minimum absolute atomic E-state index is 0.594. The standard InChI is InChI=1S/C15H21N3O2/c1-4-7-16-15-11-8-13(19-5-2)14(20-6-3)9-12(11)17-10-18-15/h8-10H,4-7H2,1-3H3,(H,16,17,18). The summed E-state index contributed by atoms with van der Waals surface area (Å²) in [6, 6.07) is 3.85. The summed E-state index contributed by atoms with van der Waals surface area (Å²) in [6.07, 6.45) is 2.61. The van der Waals surface area contributed by atoms with Crippen molar-refractivity contribution >= 4 is 16.7 Å². The van der Waals surface area contributed by atoms with Crippen LogP contribution in [0.5, 0.6) is 11.5 Å². The minimum Gasteiger partial charge on any atom is -0.490 e. The molecule has 0 spiro atoms. The van der Waals surface area contributed by atoms with Crippen molar-refractivity contribution < 1.29 is 9.47 Å². The summed E-state index contributed by atoms with van der Waals surface area (Å²) < 4.78 is 11.3. The first kappa shape index (κ1) is 14.4. The highest BCUT2D eigenvalue weighted by molar-refractivity contribution is 5.91. The molecule has 0 saturated carbocycles. The Morgan fingerprint density at radius 3 is 2.35 bits per heavy atom. The van der Waals surface area contributed by atoms with Gasteiger partial charge < -0.3 is 14.8 Å². The predicted octanol–water partition coefficient (Wildman–Crippen LogP) is 3.25. The number of hydrogen-bond acceptors (Lipinski definition) is 5. The van der Waals surface area contributed by atoms with Crippen molar-refractivity contribution in [3.05, 3.63) is 18.5 Å². The van der Waals surface area contributed by atoms with Crippen molar-refractivity contribution in [2.75, 3.05) is 25.1 Å². The van der Waals surface area contributed by atoms with Crippen molar-refractivity contribution in [3.63, 3.8) is 0 Å². The van der Waals surface area contributed by atoms with Crippen LogP contribution in [-0.2, 0) is 0 Å². The number of nitrogens with zero attached hydrogens (tertiary/aromatic N) is 2. The number of rotatable bonds is 7. The minimum atomic E-state index is 0.594. The van der Waals surface area contributed by atoms with Crippen LogP contribution in [0.25, 0.3) is 10.9 Å². The number of aromatic nitrogens is 2. The molecule has 0 amide bonds. The third kappa shape index (κ3) is 3.10. The van der Waals surface area contributed by atoms with Crippen molar-refractivity contribution in [1.29, 1.82) is 0 Å². The third-order valence-corrected chi connectivity index (χ3v) is 2.84. The lowest BCUT2D eigenvalue weighted by atomic mass is 10.2. The third-order valence-electron chi connectivity index (χ3n) is 2.84. The van der Waals surface area contributed by atoms with E-state index < -0.39 is 0 Å². The Kier molecular flexibility index (Phi) is 4.98. The quantitative estimate of drug-likeness (QED) is 0.840. The average molecular weight is 275 g/mol. The van der Waals surface area contributed by atoms with E-state index in [1.54, 1.807) is 6.33 Å². The molecule has 0 aliphatic carbocycles. The molecule has 108 valence electrons. The van der Waals surface area contributed by atoms with Gasteiger partial charge in [-0.05, 0) is 26.3 Å². The van der Waals surface area contributed by atoms with Gasteiger partial charge in [0.2, 0.25) is 0 Å². The molecule has 0 unspecified atom stereocenters. The largest absolute Gasteiger partial charge is 0.490 e. The smallest absolute Gasteiger partial charge is 0.163 e. The number of hydrogen-bond donors (Lipinski definition) is 1. The van der Waals surface area contributed by atoms with E-state index in [9.17, 15) is 0 Å². The Morgan fingerprint density at radius 1 is 1.00 bits per heavy atom. The fourth-order valence-electron chi connectivity index (χ4n) is 1.98. The summed E-state index contributed by atoms with van der Waals surface area (Å²) in [4.78, 5) is 8.61. The van der Waals surface area contributed by atoms with Crippen LogP contribution in [0.3, 0.4) is 0 Å². The van der Waals surface area contributed by atoms with Crippen molar-refractivity contribution in [1.82, 2.24) is 9.97 Å². The summed E-state index contributed by atoms with van der Waals surface area (Å²) in [5, 5.41) is 4.26. The Labute approximate surface area is 119 Å². The molecule has 0 aliphatic heterocycles. The van der Waals surface area contributed by atoms with Crippen LogP contribution < -0.4 is 14.8 Å². The van der Waals surface area contributed by atoms with Gasteiger partial charge in [-0.1, -0.05) is 6.92 Å². The summed E-state index contributed by atoms with van der Waals surface area (Å²) >= 11 is 0. The van der Waals surface area contributed by atoms with Gasteiger partial charge in [0.15, 0.2) is 11.5 Å². The monoisotopic (exact) mass is 275 g/mol. The molecule has 1 aromatic heterocycles. The zero-order valence-electron chi connectivity index (χ0n) is 12.3. The average Bonchev–Trinajstić information content (AvgIpc) is 2.46. The van der Waals surface area contributed by atoms with Gasteiger partial charge in [-0.3, -0.25) is 0 Å². The molecule has 2 rings (SSSR count). The zero-order valence-corrected chi connectivity index (χ0v) is 12.3. The van der Waals surface area contributed by atoms with Crippen LogP contribution in [0.2, 0.25) is 0 Å². The van der Waals surface area contributed by atoms with Gasteiger partial charge in [0.05, 0.1) is 18.7 Å². The Hall–Kier alpha value is -2.04. The van der Waals surface area contributed by atoms with Crippen LogP contribution in [0.1, 0.15) is 27.2 Å². The second-order valence-corrected chi connectivity index (χ2v) is 4.33. The maximum atomic E-state index is 5.65. The molecule has 0 aliphatic rings. The molecule has 1 heterocycles. The first-order valence-corrected chi connectivity index (χ1v) is 7.08. The molecule has 5 heteroatoms. The topological polar surface area (TPSA) is 56.3 Å². The van der Waals surface area contributed by atoms with E-state index in [1.165, 1.54) is 0 Å². The lowest BCUT2D eigenvalue weighted by molar-refractivity contribution is 0.288. The Morgan fingerprint density at radius 2 is 1.70 bits per heavy atom. The Bertz CT molecular complexity index is 572. The molecular formula is C15H21N3O2. The molecule has 20 heavy (non-hydrogen) atoms. The molecule has 0 fully saturated rings. The fourth-order valence-corrected chi connectivity index (χ4v) is 1.98. The van der Waals surface area contributed by atoms with Crippen LogP contribution in [0.15, 0.2) is 18.5 Å². The second kappa shape index (κ2) is 6.93. The SMILES string of the molecule is CCCNc1ncnc2cc(OCC)c(OCC)cc12. The highest BCUT2D eigenvalue weighted by Crippen LogP contribution is 2.34. The summed E-state index contributed by atoms with van der Waals surface area (Å²) in [5.74, 6) is 2.29. The number of benzene rings is 1. The highest BCUT2D eigenvalue weighted by Gasteiger charge is 2.11. The first-order valence-electron chi connectivity index (χ1n) is 7.08. The van der Waals surface area contributed by atoms with E-state index in [0.717, 1.165) is 41.2 Å². The van der Waals surface area contributed by atoms with Crippen molar-refractivity contribution in [2.24, 2.45) is 0 Å². The zero-order chi connectivity index (χ0) is 14.4. The molecule has 5 nitrogen and oxygen atoms in total. The van der Waals surface area contributed by atoms with E-state index in [1.807, 2.05) is 26.0 Å². The van der Waals surface area contributed by atoms with Crippen LogP contribution in [0.4, 0.5) is 5.82 Å². The van der Waals surface area contributed by atoms with Gasteiger partial charge in [0.25, 0.3) is 0 Å². The Balaban J connectivity index is 2.48. The second-order valence-electron chi connectivity index (χ2n) is 4.33. The molecule has 0 saturated heterocycles. The number of nitrogens with one attached hydrogen (secondary N) is 1. The predicted molar refractivity (Wildman–Crippen MR) is 80.7 cm³/mol. The normalized spacial score (nSPS) is 10.6. The molecule has 2 aromatic rings. The van der Waals surface area contributed by atoms with Crippen LogP contribution in [-0.4, -0.2) is 29.7 Å². The number of ether oxygens (including phenoxy) is 2. The van der Waals surface area contributed by atoms with Gasteiger partial charge >= 0.3 is 0 Å². The van der Waals surface area contributed by atoms with Crippen LogP contribution in [0, 0.1) is 0 Å². The fraction of sp³-hybridized carbons (Fsp3) is 0.467. The maximum Gasteiger partial charge on any atom is 0.163 e. The number of fused-ring (bicyclic) bond motifs is 1. The van der Waals surface area contributed by atoms with Gasteiger partial charge in [-0.25, -0.2) is 9.97 Å². The lowest BCUT2D eigenvalue weighted by Gasteiger charge is -2.13. The lowest BCUT2D eigenvalue weighted by Crippen LogP contribution is -2.04. The van der Waals surface area contributed by atoms with Gasteiger partial charge in [-0.2, -0.15) is 0 Å². The van der Waals surface area contributed by atoms with Crippen LogP contribution >= 0.6 is 0 Å². The van der Waals surface area contributed by atoms with E-state index in [2.05, 4.69) is 22.2 Å². The summed E-state index contributed by atoms with van der Waals surface area (Å²) in [5.41, 5.74) is 0.852. The van der Waals surface area contributed by atoms with Gasteiger partial charge in [0.1, 0.15) is 12.1 Å². The first-order chi connectivity index (χ1) is 9.80. The summed E-state index contributed by atoms with van der Waals surface area (Å²) in [6.45, 7) is 8.10. The van der Waals surface area contributed by atoms with E-state index >= 15 is 0 Å². The molecule has 0 bridgehead atoms.